The van der Waals surface area contributed by atoms with E-state index in [2.05, 4.69) is 51.1 Å². The second kappa shape index (κ2) is 7.59. The van der Waals surface area contributed by atoms with Crippen molar-refractivity contribution in [2.45, 2.75) is 26.7 Å². The maximum atomic E-state index is 2.28. The zero-order valence-corrected chi connectivity index (χ0v) is 13.7. The van der Waals surface area contributed by atoms with Crippen LogP contribution in [0.3, 0.4) is 0 Å². The molecular formula is C13H15Cl2Zr. The van der Waals surface area contributed by atoms with Gasteiger partial charge in [-0.05, 0) is 5.92 Å². The number of hydrogen-bond acceptors (Lipinski definition) is 0. The van der Waals surface area contributed by atoms with Gasteiger partial charge in [0.1, 0.15) is 0 Å². The van der Waals surface area contributed by atoms with Crippen LogP contribution in [0, 0.1) is 6.92 Å². The molecule has 0 amide bonds. The Labute approximate surface area is 129 Å². The summed E-state index contributed by atoms with van der Waals surface area (Å²) in [5.74, 6) is 0.616. The summed E-state index contributed by atoms with van der Waals surface area (Å²) in [6.07, 6.45) is 0. The molecule has 0 N–H and O–H groups in total. The number of aryl methyl sites for hydroxylation is 1. The second-order valence-electron chi connectivity index (χ2n) is 4.04. The Kier molecular flexibility index (Phi) is 8.84. The SMILES string of the molecule is Cc1cc2c(C(C)C)cccc2[cH-]1.[Cl-].[Cl-].[Zr+3]. The molecule has 16 heavy (non-hydrogen) atoms. The van der Waals surface area contributed by atoms with Crippen LogP contribution in [-0.4, -0.2) is 0 Å². The third kappa shape index (κ3) is 3.65. The van der Waals surface area contributed by atoms with Gasteiger partial charge in [0.25, 0.3) is 0 Å². The maximum absolute atomic E-state index is 2.28. The Balaban J connectivity index is 0. The van der Waals surface area contributed by atoms with Crippen LogP contribution in [0.25, 0.3) is 10.8 Å². The zero-order valence-electron chi connectivity index (χ0n) is 9.72. The van der Waals surface area contributed by atoms with E-state index in [-0.39, 0.29) is 51.0 Å². The Morgan fingerprint density at radius 2 is 1.75 bits per heavy atom. The minimum Gasteiger partial charge on any atom is -1.00 e. The monoisotopic (exact) mass is 331 g/mol. The summed E-state index contributed by atoms with van der Waals surface area (Å²) in [6, 6.07) is 11.1. The van der Waals surface area contributed by atoms with Gasteiger partial charge in [0.2, 0.25) is 0 Å². The normalized spacial score (nSPS) is 9.25. The maximum Gasteiger partial charge on any atom is 3.00 e. The van der Waals surface area contributed by atoms with Crippen molar-refractivity contribution in [2.24, 2.45) is 0 Å². The van der Waals surface area contributed by atoms with Gasteiger partial charge < -0.3 is 24.8 Å². The first-order chi connectivity index (χ1) is 6.18. The molecule has 0 nitrogen and oxygen atoms in total. The molecule has 0 aromatic heterocycles. The van der Waals surface area contributed by atoms with E-state index in [1.807, 2.05) is 0 Å². The summed E-state index contributed by atoms with van der Waals surface area (Å²) in [4.78, 5) is 0. The summed E-state index contributed by atoms with van der Waals surface area (Å²) in [7, 11) is 0. The van der Waals surface area contributed by atoms with Gasteiger partial charge in [0.15, 0.2) is 0 Å². The largest absolute Gasteiger partial charge is 3.00 e. The van der Waals surface area contributed by atoms with E-state index in [1.165, 1.54) is 21.9 Å². The van der Waals surface area contributed by atoms with E-state index in [0.717, 1.165) is 0 Å². The molecule has 0 spiro atoms. The summed E-state index contributed by atoms with van der Waals surface area (Å²) >= 11 is 0. The summed E-state index contributed by atoms with van der Waals surface area (Å²) in [5.41, 5.74) is 2.83. The van der Waals surface area contributed by atoms with Crippen molar-refractivity contribution in [3.63, 3.8) is 0 Å². The molecule has 85 valence electrons. The van der Waals surface area contributed by atoms with Gasteiger partial charge in [-0.1, -0.05) is 32.4 Å². The molecule has 0 aliphatic rings. The molecule has 0 unspecified atom stereocenters. The van der Waals surface area contributed by atoms with Gasteiger partial charge in [-0.2, -0.15) is 6.07 Å². The third-order valence-electron chi connectivity index (χ3n) is 2.55. The van der Waals surface area contributed by atoms with Crippen molar-refractivity contribution in [3.05, 3.63) is 41.5 Å². The van der Waals surface area contributed by atoms with Crippen LogP contribution in [0.15, 0.2) is 30.3 Å². The molecule has 0 aliphatic heterocycles. The molecule has 0 heterocycles. The average Bonchev–Trinajstić information content (AvgIpc) is 2.43. The van der Waals surface area contributed by atoms with Gasteiger partial charge in [-0.25, -0.2) is 0 Å². The third-order valence-corrected chi connectivity index (χ3v) is 2.55. The van der Waals surface area contributed by atoms with Crippen molar-refractivity contribution in [1.29, 1.82) is 0 Å². The average molecular weight is 333 g/mol. The molecule has 0 saturated carbocycles. The van der Waals surface area contributed by atoms with Gasteiger partial charge >= 0.3 is 26.2 Å². The first-order valence-corrected chi connectivity index (χ1v) is 4.84. The van der Waals surface area contributed by atoms with Crippen molar-refractivity contribution in [3.8, 4) is 0 Å². The van der Waals surface area contributed by atoms with Crippen LogP contribution in [0.2, 0.25) is 0 Å². The zero-order chi connectivity index (χ0) is 9.42. The first-order valence-electron chi connectivity index (χ1n) is 4.84. The van der Waals surface area contributed by atoms with Crippen LogP contribution in [0.1, 0.15) is 30.9 Å². The number of rotatable bonds is 1. The number of benzene rings is 1. The van der Waals surface area contributed by atoms with Crippen LogP contribution in [0.4, 0.5) is 0 Å². The summed E-state index contributed by atoms with van der Waals surface area (Å²) < 4.78 is 0. The van der Waals surface area contributed by atoms with Crippen molar-refractivity contribution < 1.29 is 51.0 Å². The van der Waals surface area contributed by atoms with Crippen molar-refractivity contribution in [1.82, 2.24) is 0 Å². The summed E-state index contributed by atoms with van der Waals surface area (Å²) in [6.45, 7) is 6.65. The fourth-order valence-corrected chi connectivity index (χ4v) is 1.91. The quantitative estimate of drug-likeness (QED) is 0.530. The Hall–Kier alpha value is 0.293. The molecule has 2 aromatic rings. The molecule has 0 saturated heterocycles. The Morgan fingerprint density at radius 1 is 1.12 bits per heavy atom. The molecule has 0 bridgehead atoms. The van der Waals surface area contributed by atoms with E-state index in [4.69, 9.17) is 0 Å². The predicted octanol–water partition coefficient (Wildman–Crippen LogP) is -2.00. The van der Waals surface area contributed by atoms with Crippen molar-refractivity contribution >= 4 is 10.8 Å². The molecule has 0 aliphatic carbocycles. The van der Waals surface area contributed by atoms with Crippen LogP contribution in [-0.2, 0) is 26.2 Å². The first kappa shape index (κ1) is 18.7. The Bertz CT molecular complexity index is 432. The van der Waals surface area contributed by atoms with Crippen LogP contribution < -0.4 is 24.8 Å². The van der Waals surface area contributed by atoms with E-state index in [1.54, 1.807) is 0 Å². The fraction of sp³-hybridized carbons (Fsp3) is 0.308. The topological polar surface area (TPSA) is 0 Å². The molecule has 0 atom stereocenters. The van der Waals surface area contributed by atoms with Gasteiger partial charge in [-0.15, -0.1) is 34.5 Å². The summed E-state index contributed by atoms with van der Waals surface area (Å²) in [5, 5.41) is 2.80. The predicted molar refractivity (Wildman–Crippen MR) is 58.4 cm³/mol. The second-order valence-corrected chi connectivity index (χ2v) is 4.04. The molecule has 3 heteroatoms. The van der Waals surface area contributed by atoms with E-state index in [0.29, 0.717) is 5.92 Å². The van der Waals surface area contributed by atoms with Crippen LogP contribution >= 0.6 is 0 Å². The number of hydrogen-bond donors (Lipinski definition) is 0. The number of halogens is 2. The van der Waals surface area contributed by atoms with Crippen LogP contribution in [0.5, 0.6) is 0 Å². The minimum absolute atomic E-state index is 0. The van der Waals surface area contributed by atoms with E-state index >= 15 is 0 Å². The number of fused-ring (bicyclic) bond motifs is 1. The van der Waals surface area contributed by atoms with Gasteiger partial charge in [0, 0.05) is 0 Å². The van der Waals surface area contributed by atoms with Gasteiger partial charge in [0.05, 0.1) is 0 Å². The van der Waals surface area contributed by atoms with Crippen molar-refractivity contribution in [2.75, 3.05) is 0 Å². The molecule has 0 fully saturated rings. The van der Waals surface area contributed by atoms with Gasteiger partial charge in [-0.3, -0.25) is 0 Å². The Morgan fingerprint density at radius 3 is 2.31 bits per heavy atom. The molecular weight excluding hydrogens is 318 g/mol. The molecule has 1 radical (unpaired) electrons. The standard InChI is InChI=1S/C13H15.2ClH.Zr/c1-9(2)12-6-4-5-11-7-10(3)8-13(11)12;;;/h4-9H,1-3H3;2*1H;/q-1;;;+3/p-2. The van der Waals surface area contributed by atoms with E-state index in [9.17, 15) is 0 Å². The molecule has 2 aromatic carbocycles. The fourth-order valence-electron chi connectivity index (χ4n) is 1.91. The van der Waals surface area contributed by atoms with E-state index < -0.39 is 0 Å². The smallest absolute Gasteiger partial charge is 1.00 e. The minimum atomic E-state index is 0. The molecule has 2 rings (SSSR count).